The highest BCUT2D eigenvalue weighted by Gasteiger charge is 2.39. The molecule has 2 aromatic carbocycles. The van der Waals surface area contributed by atoms with E-state index in [0.29, 0.717) is 42.8 Å². The minimum Gasteiger partial charge on any atom is -0.443 e. The van der Waals surface area contributed by atoms with Crippen molar-refractivity contribution in [2.24, 2.45) is 0 Å². The largest absolute Gasteiger partial charge is 0.443 e. The molecule has 3 aromatic rings. The number of nitrogens with one attached hydrogen (secondary N) is 1. The number of carbonyl (C=O) groups excluding carboxylic acids is 1. The molecule has 0 bridgehead atoms. The number of alkyl halides is 6. The van der Waals surface area contributed by atoms with Gasteiger partial charge in [-0.25, -0.2) is 4.79 Å². The molecule has 226 valence electrons. The van der Waals surface area contributed by atoms with E-state index in [0.717, 1.165) is 30.4 Å². The summed E-state index contributed by atoms with van der Waals surface area (Å²) < 4.78 is 87.6. The maximum Gasteiger partial charge on any atom is 0.416 e. The fourth-order valence-electron chi connectivity index (χ4n) is 5.59. The van der Waals surface area contributed by atoms with Gasteiger partial charge in [0.2, 0.25) is 0 Å². The van der Waals surface area contributed by atoms with Crippen LogP contribution in [-0.2, 0) is 36.5 Å². The molecule has 0 spiro atoms. The molecule has 42 heavy (non-hydrogen) atoms. The number of hydrogen-bond donors (Lipinski definition) is 1. The van der Waals surface area contributed by atoms with Crippen LogP contribution in [0.5, 0.6) is 0 Å². The van der Waals surface area contributed by atoms with Crippen molar-refractivity contribution in [3.05, 3.63) is 63.7 Å². The lowest BCUT2D eigenvalue weighted by Crippen LogP contribution is -2.37. The highest BCUT2D eigenvalue weighted by atomic mass is 19.4. The number of amides is 1. The lowest BCUT2D eigenvalue weighted by atomic mass is 9.95. The number of nitrogens with zero attached hydrogens (tertiary/aromatic N) is 5. The summed E-state index contributed by atoms with van der Waals surface area (Å²) in [7, 11) is 0. The summed E-state index contributed by atoms with van der Waals surface area (Å²) in [5, 5.41) is 14.0. The number of fused-ring (bicyclic) bond motifs is 2. The number of tetrazole rings is 1. The van der Waals surface area contributed by atoms with E-state index in [-0.39, 0.29) is 24.1 Å². The lowest BCUT2D eigenvalue weighted by molar-refractivity contribution is -0.143. The van der Waals surface area contributed by atoms with Gasteiger partial charge < -0.3 is 9.64 Å². The van der Waals surface area contributed by atoms with Gasteiger partial charge in [0.25, 0.3) is 5.95 Å². The summed E-state index contributed by atoms with van der Waals surface area (Å²) in [6, 6.07) is 4.84. The summed E-state index contributed by atoms with van der Waals surface area (Å²) in [5.74, 6) is 0.00290. The first-order valence-corrected chi connectivity index (χ1v) is 13.5. The van der Waals surface area contributed by atoms with Gasteiger partial charge in [-0.3, -0.25) is 4.90 Å². The van der Waals surface area contributed by atoms with Crippen molar-refractivity contribution in [2.45, 2.75) is 83.4 Å². The lowest BCUT2D eigenvalue weighted by Gasteiger charge is -2.33. The molecule has 0 radical (unpaired) electrons. The van der Waals surface area contributed by atoms with Gasteiger partial charge in [-0.15, -0.1) is 5.10 Å². The Hall–Kier alpha value is -3.84. The number of H-pyrrole nitrogens is 1. The van der Waals surface area contributed by atoms with Crippen molar-refractivity contribution in [3.8, 4) is 0 Å². The van der Waals surface area contributed by atoms with E-state index in [2.05, 4.69) is 20.6 Å². The fraction of sp³-hybridized carbons (Fsp3) is 0.500. The Labute approximate surface area is 238 Å². The molecule has 0 fully saturated rings. The molecule has 5 rings (SSSR count). The molecular weight excluding hydrogens is 566 g/mol. The number of benzene rings is 2. The van der Waals surface area contributed by atoms with Gasteiger partial charge in [-0.2, -0.15) is 31.6 Å². The first-order chi connectivity index (χ1) is 19.6. The van der Waals surface area contributed by atoms with Crippen molar-refractivity contribution in [3.63, 3.8) is 0 Å². The number of carbonyl (C=O) groups is 1. The van der Waals surface area contributed by atoms with E-state index >= 15 is 0 Å². The van der Waals surface area contributed by atoms with E-state index in [4.69, 9.17) is 4.74 Å². The molecule has 0 saturated heterocycles. The van der Waals surface area contributed by atoms with Crippen LogP contribution < -0.4 is 9.80 Å². The molecule has 0 unspecified atom stereocenters. The maximum absolute atomic E-state index is 13.6. The maximum atomic E-state index is 13.6. The van der Waals surface area contributed by atoms with Gasteiger partial charge in [-0.05, 0) is 105 Å². The Bertz CT molecular complexity index is 1420. The standard InChI is InChI=1S/C28H30F6N6O2/c1-26(2,3)42-25(41)39-9-5-8-22(21-12-17-6-4-7-18(17)13-23(21)39)40(24-35-37-38-36-24)15-16-10-19(27(29,30)31)14-20(11-16)28(32,33)34/h10-14,22H,4-9,15H2,1-3H3,(H,35,36,37,38)/t22-/m0/s1. The molecule has 2 heterocycles. The molecule has 1 amide bonds. The molecule has 14 heteroatoms. The molecule has 1 atom stereocenters. The second kappa shape index (κ2) is 10.8. The molecule has 0 saturated carbocycles. The van der Waals surface area contributed by atoms with Gasteiger partial charge in [0.15, 0.2) is 0 Å². The zero-order valence-corrected chi connectivity index (χ0v) is 23.2. The summed E-state index contributed by atoms with van der Waals surface area (Å²) in [5.41, 5.74) is -0.356. The molecular formula is C28H30F6N6O2. The number of aryl methyl sites for hydroxylation is 2. The third kappa shape index (κ3) is 6.31. The van der Waals surface area contributed by atoms with E-state index in [1.807, 2.05) is 12.1 Å². The van der Waals surface area contributed by atoms with Crippen LogP contribution in [0.3, 0.4) is 0 Å². The summed E-state index contributed by atoms with van der Waals surface area (Å²) >= 11 is 0. The van der Waals surface area contributed by atoms with Gasteiger partial charge >= 0.3 is 18.4 Å². The minimum absolute atomic E-state index is 0.00290. The minimum atomic E-state index is -4.99. The first kappa shape index (κ1) is 29.6. The SMILES string of the molecule is CC(C)(C)OC(=O)N1CCC[C@H](N(Cc2cc(C(F)(F)F)cc(C(F)(F)F)c2)c2nn[nH]n2)c2cc3c(cc21)CCC3. The van der Waals surface area contributed by atoms with Crippen molar-refractivity contribution in [2.75, 3.05) is 16.3 Å². The second-order valence-corrected chi connectivity index (χ2v) is 11.6. The topological polar surface area (TPSA) is 87.2 Å². The monoisotopic (exact) mass is 596 g/mol. The van der Waals surface area contributed by atoms with Crippen LogP contribution in [0.4, 0.5) is 42.8 Å². The third-order valence-electron chi connectivity index (χ3n) is 7.33. The average Bonchev–Trinajstić information content (AvgIpc) is 3.53. The number of hydrogen-bond acceptors (Lipinski definition) is 6. The predicted octanol–water partition coefficient (Wildman–Crippen LogP) is 7.01. The molecule has 8 nitrogen and oxygen atoms in total. The van der Waals surface area contributed by atoms with Crippen LogP contribution in [0, 0.1) is 0 Å². The molecule has 2 aliphatic rings. The number of ether oxygens (including phenoxy) is 1. The average molecular weight is 597 g/mol. The van der Waals surface area contributed by atoms with Crippen molar-refractivity contribution < 1.29 is 35.9 Å². The third-order valence-corrected chi connectivity index (χ3v) is 7.33. The Kier molecular flexibility index (Phi) is 7.60. The molecule has 1 N–H and O–H groups in total. The summed E-state index contributed by atoms with van der Waals surface area (Å²) in [6.45, 7) is 5.21. The van der Waals surface area contributed by atoms with E-state index in [9.17, 15) is 31.1 Å². The Balaban J connectivity index is 1.62. The van der Waals surface area contributed by atoms with Gasteiger partial charge in [-0.1, -0.05) is 11.2 Å². The van der Waals surface area contributed by atoms with Crippen molar-refractivity contribution in [1.29, 1.82) is 0 Å². The Morgan fingerprint density at radius 3 is 2.19 bits per heavy atom. The van der Waals surface area contributed by atoms with E-state index < -0.39 is 41.2 Å². The van der Waals surface area contributed by atoms with E-state index in [1.165, 1.54) is 4.90 Å². The number of aromatic nitrogens is 4. The first-order valence-electron chi connectivity index (χ1n) is 13.5. The highest BCUT2D eigenvalue weighted by Crippen LogP contribution is 2.43. The zero-order chi connectivity index (χ0) is 30.4. The fourth-order valence-corrected chi connectivity index (χ4v) is 5.59. The van der Waals surface area contributed by atoms with Crippen LogP contribution in [0.1, 0.15) is 79.5 Å². The van der Waals surface area contributed by atoms with Gasteiger partial charge in [0.1, 0.15) is 5.60 Å². The number of rotatable bonds is 4. The van der Waals surface area contributed by atoms with Crippen molar-refractivity contribution >= 4 is 17.7 Å². The summed E-state index contributed by atoms with van der Waals surface area (Å²) in [6.07, 6.45) is -7.08. The molecule has 1 aromatic heterocycles. The Morgan fingerprint density at radius 2 is 1.62 bits per heavy atom. The predicted molar refractivity (Wildman–Crippen MR) is 141 cm³/mol. The number of halogens is 6. The molecule has 1 aliphatic carbocycles. The van der Waals surface area contributed by atoms with Crippen LogP contribution in [-0.4, -0.2) is 38.9 Å². The molecule has 1 aliphatic heterocycles. The quantitative estimate of drug-likeness (QED) is 0.326. The smallest absolute Gasteiger partial charge is 0.416 e. The zero-order valence-electron chi connectivity index (χ0n) is 23.2. The van der Waals surface area contributed by atoms with Gasteiger partial charge in [0.05, 0.1) is 22.9 Å². The van der Waals surface area contributed by atoms with Crippen LogP contribution >= 0.6 is 0 Å². The number of aromatic amines is 1. The normalized spacial score (nSPS) is 17.5. The van der Waals surface area contributed by atoms with Crippen LogP contribution in [0.2, 0.25) is 0 Å². The second-order valence-electron chi connectivity index (χ2n) is 11.6. The Morgan fingerprint density at radius 1 is 0.976 bits per heavy atom. The summed E-state index contributed by atoms with van der Waals surface area (Å²) in [4.78, 5) is 16.4. The van der Waals surface area contributed by atoms with Crippen LogP contribution in [0.15, 0.2) is 30.3 Å². The highest BCUT2D eigenvalue weighted by molar-refractivity contribution is 5.90. The van der Waals surface area contributed by atoms with E-state index in [1.54, 1.807) is 25.7 Å². The number of anilines is 2. The van der Waals surface area contributed by atoms with Crippen molar-refractivity contribution in [1.82, 2.24) is 20.6 Å². The van der Waals surface area contributed by atoms with Crippen LogP contribution in [0.25, 0.3) is 0 Å². The van der Waals surface area contributed by atoms with Gasteiger partial charge in [0, 0.05) is 13.1 Å².